The van der Waals surface area contributed by atoms with Crippen molar-refractivity contribution in [1.82, 2.24) is 24.5 Å². The number of hydrogen-bond donors (Lipinski definition) is 0. The van der Waals surface area contributed by atoms with E-state index >= 15 is 0 Å². The number of aromatic nitrogens is 4. The van der Waals surface area contributed by atoms with Crippen molar-refractivity contribution < 1.29 is 4.79 Å². The maximum atomic E-state index is 12.7. The minimum Gasteiger partial charge on any atom is -0.337 e. The Kier molecular flexibility index (Phi) is 5.35. The molecule has 3 heterocycles. The van der Waals surface area contributed by atoms with Crippen LogP contribution in [0, 0.1) is 5.92 Å². The molecule has 0 unspecified atom stereocenters. The Morgan fingerprint density at radius 3 is 2.79 bits per heavy atom. The molecule has 0 fully saturated rings. The summed E-state index contributed by atoms with van der Waals surface area (Å²) in [6, 6.07) is 0.369. The van der Waals surface area contributed by atoms with E-state index in [1.807, 2.05) is 9.30 Å². The van der Waals surface area contributed by atoms with Crippen LogP contribution in [0.25, 0.3) is 15.9 Å². The van der Waals surface area contributed by atoms with Crippen LogP contribution in [0.2, 0.25) is 0 Å². The van der Waals surface area contributed by atoms with Crippen LogP contribution in [0.5, 0.6) is 0 Å². The number of hydrogen-bond acceptors (Lipinski definition) is 6. The van der Waals surface area contributed by atoms with Crippen molar-refractivity contribution in [3.05, 3.63) is 16.8 Å². The van der Waals surface area contributed by atoms with Crippen LogP contribution in [0.4, 0.5) is 0 Å². The van der Waals surface area contributed by atoms with Gasteiger partial charge in [0.2, 0.25) is 5.91 Å². The zero-order valence-electron chi connectivity index (χ0n) is 17.1. The number of carbonyl (C=O) groups is 1. The van der Waals surface area contributed by atoms with Crippen molar-refractivity contribution in [2.45, 2.75) is 71.1 Å². The third-order valence-corrected chi connectivity index (χ3v) is 7.49. The standard InChI is InChI=1S/C20H27N5OS2/c1-11(2)25(12(3)4)16(26)9-27-20-23-22-18-17-14-7-6-13(5)8-15(14)28-19(17)21-10-24(18)20/h10-13H,6-9H2,1-5H3/t13-/m1/s1. The van der Waals surface area contributed by atoms with E-state index in [0.717, 1.165) is 39.8 Å². The second kappa shape index (κ2) is 7.63. The van der Waals surface area contributed by atoms with Crippen LogP contribution < -0.4 is 0 Å². The Morgan fingerprint density at radius 2 is 2.07 bits per heavy atom. The highest BCUT2D eigenvalue weighted by Gasteiger charge is 2.25. The molecule has 28 heavy (non-hydrogen) atoms. The molecule has 1 aliphatic rings. The van der Waals surface area contributed by atoms with E-state index in [1.54, 1.807) is 17.7 Å². The molecule has 0 saturated carbocycles. The van der Waals surface area contributed by atoms with Gasteiger partial charge in [0.15, 0.2) is 10.8 Å². The van der Waals surface area contributed by atoms with Crippen LogP contribution in [-0.4, -0.2) is 48.2 Å². The Hall–Kier alpha value is -1.67. The lowest BCUT2D eigenvalue weighted by Gasteiger charge is -2.30. The molecule has 0 aromatic carbocycles. The summed E-state index contributed by atoms with van der Waals surface area (Å²) in [4.78, 5) is 21.8. The fourth-order valence-electron chi connectivity index (χ4n) is 4.19. The quantitative estimate of drug-likeness (QED) is 0.582. The predicted molar refractivity (Wildman–Crippen MR) is 115 cm³/mol. The molecule has 0 radical (unpaired) electrons. The Labute approximate surface area is 173 Å². The number of thioether (sulfide) groups is 1. The molecule has 4 rings (SSSR count). The lowest BCUT2D eigenvalue weighted by molar-refractivity contribution is -0.131. The van der Waals surface area contributed by atoms with Crippen LogP contribution in [-0.2, 0) is 17.6 Å². The van der Waals surface area contributed by atoms with Crippen molar-refractivity contribution in [2.24, 2.45) is 5.92 Å². The highest BCUT2D eigenvalue weighted by atomic mass is 32.2. The first kappa shape index (κ1) is 19.6. The molecule has 0 bridgehead atoms. The number of aryl methyl sites for hydroxylation is 1. The van der Waals surface area contributed by atoms with Gasteiger partial charge in [0.25, 0.3) is 0 Å². The van der Waals surface area contributed by atoms with Crippen LogP contribution in [0.3, 0.4) is 0 Å². The summed E-state index contributed by atoms with van der Waals surface area (Å²) >= 11 is 3.23. The Balaban J connectivity index is 1.63. The summed E-state index contributed by atoms with van der Waals surface area (Å²) in [7, 11) is 0. The monoisotopic (exact) mass is 417 g/mol. The third-order valence-electron chi connectivity index (χ3n) is 5.40. The van der Waals surface area contributed by atoms with Gasteiger partial charge in [-0.25, -0.2) is 4.98 Å². The average molecular weight is 418 g/mol. The molecule has 0 saturated heterocycles. The molecule has 3 aromatic heterocycles. The molecular weight excluding hydrogens is 390 g/mol. The summed E-state index contributed by atoms with van der Waals surface area (Å²) in [6.07, 6.45) is 5.24. The molecule has 3 aromatic rings. The summed E-state index contributed by atoms with van der Waals surface area (Å²) in [5.41, 5.74) is 2.28. The predicted octanol–water partition coefficient (Wildman–Crippen LogP) is 4.20. The van der Waals surface area contributed by atoms with Crippen LogP contribution in [0.1, 0.15) is 51.5 Å². The molecule has 0 N–H and O–H groups in total. The zero-order valence-corrected chi connectivity index (χ0v) is 18.7. The first-order valence-electron chi connectivity index (χ1n) is 9.94. The molecule has 0 aliphatic heterocycles. The van der Waals surface area contributed by atoms with Gasteiger partial charge in [-0.1, -0.05) is 18.7 Å². The normalized spacial score (nSPS) is 17.0. The highest BCUT2D eigenvalue weighted by molar-refractivity contribution is 7.99. The van der Waals surface area contributed by atoms with E-state index < -0.39 is 0 Å². The van der Waals surface area contributed by atoms with Crippen molar-refractivity contribution in [3.63, 3.8) is 0 Å². The average Bonchev–Trinajstić information content (AvgIpc) is 3.18. The number of rotatable bonds is 5. The van der Waals surface area contributed by atoms with Crippen LogP contribution in [0.15, 0.2) is 11.5 Å². The van der Waals surface area contributed by atoms with Gasteiger partial charge in [-0.15, -0.1) is 21.5 Å². The van der Waals surface area contributed by atoms with E-state index in [4.69, 9.17) is 0 Å². The number of carbonyl (C=O) groups excluding carboxylic acids is 1. The minimum atomic E-state index is 0.127. The topological polar surface area (TPSA) is 63.4 Å². The number of thiophene rings is 1. The van der Waals surface area contributed by atoms with Gasteiger partial charge in [-0.3, -0.25) is 9.20 Å². The smallest absolute Gasteiger partial charge is 0.233 e. The summed E-state index contributed by atoms with van der Waals surface area (Å²) in [5.74, 6) is 1.22. The number of fused-ring (bicyclic) bond motifs is 5. The van der Waals surface area contributed by atoms with E-state index in [1.165, 1.54) is 28.6 Å². The number of amides is 1. The van der Waals surface area contributed by atoms with Gasteiger partial charge >= 0.3 is 0 Å². The zero-order chi connectivity index (χ0) is 20.0. The Morgan fingerprint density at radius 1 is 1.32 bits per heavy atom. The molecule has 1 atom stereocenters. The molecule has 150 valence electrons. The maximum Gasteiger partial charge on any atom is 0.233 e. The van der Waals surface area contributed by atoms with Gasteiger partial charge in [-0.05, 0) is 58.4 Å². The van der Waals surface area contributed by atoms with E-state index in [-0.39, 0.29) is 18.0 Å². The molecule has 1 aliphatic carbocycles. The SMILES string of the molecule is CC(C)N(C(=O)CSc1nnc2c3c4c(sc3ncn12)C[C@H](C)CC4)C(C)C. The first-order valence-corrected chi connectivity index (χ1v) is 11.7. The van der Waals surface area contributed by atoms with Gasteiger partial charge < -0.3 is 4.90 Å². The third kappa shape index (κ3) is 3.41. The Bertz CT molecular complexity index is 1010. The van der Waals surface area contributed by atoms with Gasteiger partial charge in [0.1, 0.15) is 11.2 Å². The van der Waals surface area contributed by atoms with Gasteiger partial charge in [0.05, 0.1) is 11.1 Å². The van der Waals surface area contributed by atoms with Gasteiger partial charge in [0, 0.05) is 17.0 Å². The number of nitrogens with zero attached hydrogens (tertiary/aromatic N) is 5. The first-order chi connectivity index (χ1) is 13.4. The largest absolute Gasteiger partial charge is 0.337 e. The van der Waals surface area contributed by atoms with Crippen molar-refractivity contribution in [2.75, 3.05) is 5.75 Å². The van der Waals surface area contributed by atoms with Crippen LogP contribution >= 0.6 is 23.1 Å². The fourth-order valence-corrected chi connectivity index (χ4v) is 6.31. The molecule has 0 spiro atoms. The summed E-state index contributed by atoms with van der Waals surface area (Å²) in [5, 5.41) is 10.7. The molecular formula is C20H27N5OS2. The molecule has 6 nitrogen and oxygen atoms in total. The van der Waals surface area contributed by atoms with Crippen molar-refractivity contribution >= 4 is 44.9 Å². The second-order valence-corrected chi connectivity index (χ2v) is 10.3. The van der Waals surface area contributed by atoms with E-state index in [0.29, 0.717) is 5.75 Å². The summed E-state index contributed by atoms with van der Waals surface area (Å²) < 4.78 is 1.94. The van der Waals surface area contributed by atoms with Crippen molar-refractivity contribution in [3.8, 4) is 0 Å². The van der Waals surface area contributed by atoms with E-state index in [9.17, 15) is 4.79 Å². The lowest BCUT2D eigenvalue weighted by Crippen LogP contribution is -2.43. The maximum absolute atomic E-state index is 12.7. The lowest BCUT2D eigenvalue weighted by atomic mass is 9.89. The minimum absolute atomic E-state index is 0.127. The fraction of sp³-hybridized carbons (Fsp3) is 0.600. The molecule has 8 heteroatoms. The molecule has 1 amide bonds. The highest BCUT2D eigenvalue weighted by Crippen LogP contribution is 2.39. The second-order valence-electron chi connectivity index (χ2n) is 8.23. The van der Waals surface area contributed by atoms with E-state index in [2.05, 4.69) is 49.8 Å². The van der Waals surface area contributed by atoms with Crippen molar-refractivity contribution in [1.29, 1.82) is 0 Å². The van der Waals surface area contributed by atoms with Gasteiger partial charge in [-0.2, -0.15) is 0 Å². The summed E-state index contributed by atoms with van der Waals surface area (Å²) in [6.45, 7) is 10.5.